The fraction of sp³-hybridized carbons (Fsp3) is 0.385. The number of ketones is 1. The van der Waals surface area contributed by atoms with E-state index in [1.54, 1.807) is 17.0 Å². The smallest absolute Gasteiger partial charge is 0.295 e. The molecular formula is C26H29NO5. The topological polar surface area (TPSA) is 76.1 Å². The molecule has 1 unspecified atom stereocenters. The van der Waals surface area contributed by atoms with Gasteiger partial charge in [-0.05, 0) is 53.8 Å². The molecule has 6 nitrogen and oxygen atoms in total. The number of carbonyl (C=O) groups is 2. The molecule has 1 amide bonds. The molecule has 0 spiro atoms. The lowest BCUT2D eigenvalue weighted by Crippen LogP contribution is -2.30. The lowest BCUT2D eigenvalue weighted by Gasteiger charge is -2.25. The Morgan fingerprint density at radius 1 is 1.22 bits per heavy atom. The van der Waals surface area contributed by atoms with Gasteiger partial charge in [-0.2, -0.15) is 0 Å². The Balaban J connectivity index is 1.79. The third-order valence-electron chi connectivity index (χ3n) is 5.72. The largest absolute Gasteiger partial charge is 0.507 e. The molecule has 0 aromatic heterocycles. The minimum atomic E-state index is -0.665. The maximum absolute atomic E-state index is 13.1. The van der Waals surface area contributed by atoms with Crippen LogP contribution in [0, 0.1) is 5.92 Å². The molecular weight excluding hydrogens is 406 g/mol. The van der Waals surface area contributed by atoms with E-state index in [2.05, 4.69) is 13.8 Å². The van der Waals surface area contributed by atoms with Crippen LogP contribution in [-0.4, -0.2) is 41.5 Å². The van der Waals surface area contributed by atoms with Crippen molar-refractivity contribution >= 4 is 17.4 Å². The molecule has 2 aromatic rings. The monoisotopic (exact) mass is 435 g/mol. The highest BCUT2D eigenvalue weighted by Crippen LogP contribution is 2.41. The summed E-state index contributed by atoms with van der Waals surface area (Å²) in [6, 6.07) is 12.1. The standard InChI is InChI=1S/C26H29NO5/c1-4-11-27-23(18-6-5-7-20(14-18)32-15-16(2)3)22(25(29)26(27)30)24(28)19-8-9-21-17(13-19)10-12-31-21/h5-9,13-14,16,23,28H,4,10-12,15H2,1-3H3/b24-22-. The maximum Gasteiger partial charge on any atom is 0.295 e. The third kappa shape index (κ3) is 4.09. The van der Waals surface area contributed by atoms with Crippen molar-refractivity contribution in [2.75, 3.05) is 19.8 Å². The van der Waals surface area contributed by atoms with E-state index in [1.807, 2.05) is 37.3 Å². The SMILES string of the molecule is CCCN1C(=O)C(=O)/C(=C(\O)c2ccc3c(c2)CCO3)C1c1cccc(OCC(C)C)c1. The Bertz CT molecular complexity index is 1070. The molecule has 2 heterocycles. The lowest BCUT2D eigenvalue weighted by atomic mass is 9.94. The molecule has 0 saturated carbocycles. The van der Waals surface area contributed by atoms with Gasteiger partial charge in [-0.25, -0.2) is 0 Å². The van der Waals surface area contributed by atoms with Crippen molar-refractivity contribution in [2.24, 2.45) is 5.92 Å². The minimum absolute atomic E-state index is 0.114. The van der Waals surface area contributed by atoms with Crippen LogP contribution in [0.1, 0.15) is 49.9 Å². The van der Waals surface area contributed by atoms with E-state index < -0.39 is 17.7 Å². The van der Waals surface area contributed by atoms with Crippen LogP contribution in [0.15, 0.2) is 48.0 Å². The number of benzene rings is 2. The van der Waals surface area contributed by atoms with Gasteiger partial charge in [-0.3, -0.25) is 9.59 Å². The number of amides is 1. The van der Waals surface area contributed by atoms with Gasteiger partial charge in [0.1, 0.15) is 17.3 Å². The molecule has 1 fully saturated rings. The number of nitrogens with zero attached hydrogens (tertiary/aromatic N) is 1. The Kier molecular flexibility index (Phi) is 6.21. The average Bonchev–Trinajstić information content (AvgIpc) is 3.35. The quantitative estimate of drug-likeness (QED) is 0.394. The highest BCUT2D eigenvalue weighted by atomic mass is 16.5. The lowest BCUT2D eigenvalue weighted by molar-refractivity contribution is -0.139. The van der Waals surface area contributed by atoms with Crippen molar-refractivity contribution in [1.29, 1.82) is 0 Å². The van der Waals surface area contributed by atoms with Gasteiger partial charge in [0.15, 0.2) is 0 Å². The maximum atomic E-state index is 13.1. The summed E-state index contributed by atoms with van der Waals surface area (Å²) in [5.41, 5.74) is 2.35. The number of hydrogen-bond acceptors (Lipinski definition) is 5. The van der Waals surface area contributed by atoms with Crippen LogP contribution in [0.25, 0.3) is 5.76 Å². The van der Waals surface area contributed by atoms with Crippen LogP contribution in [0.3, 0.4) is 0 Å². The highest BCUT2D eigenvalue weighted by molar-refractivity contribution is 6.46. The number of fused-ring (bicyclic) bond motifs is 1. The van der Waals surface area contributed by atoms with E-state index in [4.69, 9.17) is 9.47 Å². The summed E-state index contributed by atoms with van der Waals surface area (Å²) in [6.07, 6.45) is 1.45. The van der Waals surface area contributed by atoms with Gasteiger partial charge in [0, 0.05) is 18.5 Å². The molecule has 6 heteroatoms. The second-order valence-electron chi connectivity index (χ2n) is 8.69. The zero-order valence-corrected chi connectivity index (χ0v) is 18.8. The predicted molar refractivity (Wildman–Crippen MR) is 122 cm³/mol. The van der Waals surface area contributed by atoms with Gasteiger partial charge in [-0.1, -0.05) is 32.9 Å². The van der Waals surface area contributed by atoms with Crippen molar-refractivity contribution < 1.29 is 24.2 Å². The molecule has 2 aliphatic heterocycles. The van der Waals surface area contributed by atoms with Gasteiger partial charge in [-0.15, -0.1) is 0 Å². The van der Waals surface area contributed by atoms with Gasteiger partial charge in [0.25, 0.3) is 11.7 Å². The highest BCUT2D eigenvalue weighted by Gasteiger charge is 2.45. The van der Waals surface area contributed by atoms with E-state index in [0.29, 0.717) is 43.4 Å². The predicted octanol–water partition coefficient (Wildman–Crippen LogP) is 4.49. The second-order valence-corrected chi connectivity index (χ2v) is 8.69. The molecule has 1 atom stereocenters. The number of rotatable bonds is 7. The first-order valence-corrected chi connectivity index (χ1v) is 11.2. The summed E-state index contributed by atoms with van der Waals surface area (Å²) in [4.78, 5) is 27.5. The van der Waals surface area contributed by atoms with Crippen molar-refractivity contribution in [3.63, 3.8) is 0 Å². The number of aliphatic hydroxyl groups excluding tert-OH is 1. The molecule has 0 bridgehead atoms. The molecule has 2 aliphatic rings. The third-order valence-corrected chi connectivity index (χ3v) is 5.72. The number of Topliss-reactive ketones (excluding diaryl/α,β-unsaturated/α-hetero) is 1. The second kappa shape index (κ2) is 9.07. The first-order chi connectivity index (χ1) is 15.4. The van der Waals surface area contributed by atoms with Crippen molar-refractivity contribution in [2.45, 2.75) is 39.7 Å². The number of hydrogen-bond donors (Lipinski definition) is 1. The van der Waals surface area contributed by atoms with Gasteiger partial charge in [0.05, 0.1) is 24.8 Å². The zero-order valence-electron chi connectivity index (χ0n) is 18.8. The van der Waals surface area contributed by atoms with E-state index in [0.717, 1.165) is 23.3 Å². The average molecular weight is 436 g/mol. The number of aliphatic hydroxyl groups is 1. The fourth-order valence-electron chi connectivity index (χ4n) is 4.22. The van der Waals surface area contributed by atoms with Crippen molar-refractivity contribution in [3.05, 3.63) is 64.7 Å². The van der Waals surface area contributed by atoms with E-state index in [1.165, 1.54) is 0 Å². The Hall–Kier alpha value is -3.28. The first-order valence-electron chi connectivity index (χ1n) is 11.2. The summed E-state index contributed by atoms with van der Waals surface area (Å²) in [5, 5.41) is 11.2. The summed E-state index contributed by atoms with van der Waals surface area (Å²) < 4.78 is 11.4. The number of ether oxygens (including phenoxy) is 2. The van der Waals surface area contributed by atoms with E-state index in [-0.39, 0.29) is 11.3 Å². The zero-order chi connectivity index (χ0) is 22.8. The van der Waals surface area contributed by atoms with Crippen LogP contribution in [-0.2, 0) is 16.0 Å². The minimum Gasteiger partial charge on any atom is -0.507 e. The molecule has 2 aromatic carbocycles. The van der Waals surface area contributed by atoms with Crippen LogP contribution in [0.2, 0.25) is 0 Å². The first kappa shape index (κ1) is 21.9. The summed E-state index contributed by atoms with van der Waals surface area (Å²) in [7, 11) is 0. The summed E-state index contributed by atoms with van der Waals surface area (Å²) >= 11 is 0. The Morgan fingerprint density at radius 3 is 2.78 bits per heavy atom. The molecule has 0 radical (unpaired) electrons. The van der Waals surface area contributed by atoms with E-state index in [9.17, 15) is 14.7 Å². The molecule has 168 valence electrons. The summed E-state index contributed by atoms with van der Waals surface area (Å²) in [5.74, 6) is 0.429. The molecule has 1 saturated heterocycles. The Morgan fingerprint density at radius 2 is 2.03 bits per heavy atom. The molecule has 32 heavy (non-hydrogen) atoms. The summed E-state index contributed by atoms with van der Waals surface area (Å²) in [6.45, 7) is 7.68. The van der Waals surface area contributed by atoms with Gasteiger partial charge < -0.3 is 19.5 Å². The van der Waals surface area contributed by atoms with E-state index >= 15 is 0 Å². The Labute approximate surface area is 188 Å². The van der Waals surface area contributed by atoms with Gasteiger partial charge in [0.2, 0.25) is 0 Å². The normalized spacial score (nSPS) is 19.4. The molecule has 4 rings (SSSR count). The number of carbonyl (C=O) groups excluding carboxylic acids is 2. The van der Waals surface area contributed by atoms with Crippen LogP contribution in [0.4, 0.5) is 0 Å². The fourth-order valence-corrected chi connectivity index (χ4v) is 4.22. The van der Waals surface area contributed by atoms with Crippen LogP contribution in [0.5, 0.6) is 11.5 Å². The van der Waals surface area contributed by atoms with Gasteiger partial charge >= 0.3 is 0 Å². The number of likely N-dealkylation sites (tertiary alicyclic amines) is 1. The van der Waals surface area contributed by atoms with Crippen LogP contribution >= 0.6 is 0 Å². The van der Waals surface area contributed by atoms with Crippen LogP contribution < -0.4 is 9.47 Å². The van der Waals surface area contributed by atoms with Crippen molar-refractivity contribution in [3.8, 4) is 11.5 Å². The molecule has 1 N–H and O–H groups in total. The van der Waals surface area contributed by atoms with Crippen molar-refractivity contribution in [1.82, 2.24) is 4.90 Å². The molecule has 0 aliphatic carbocycles.